The molecule has 2 heterocycles. The predicted molar refractivity (Wildman–Crippen MR) is 81.4 cm³/mol. The van der Waals surface area contributed by atoms with Gasteiger partial charge in [0.2, 0.25) is 11.8 Å². The van der Waals surface area contributed by atoms with Gasteiger partial charge in [-0.2, -0.15) is 13.2 Å². The molecule has 0 spiro atoms. The molecule has 1 aromatic rings. The van der Waals surface area contributed by atoms with E-state index in [0.29, 0.717) is 25.4 Å². The van der Waals surface area contributed by atoms with Gasteiger partial charge in [0, 0.05) is 18.7 Å². The summed E-state index contributed by atoms with van der Waals surface area (Å²) in [5, 5.41) is 0. The predicted octanol–water partition coefficient (Wildman–Crippen LogP) is 3.66. The zero-order valence-corrected chi connectivity index (χ0v) is 13.4. The van der Waals surface area contributed by atoms with Crippen LogP contribution in [-0.2, 0) is 11.0 Å². The second-order valence-electron chi connectivity index (χ2n) is 6.63. The Labute approximate surface area is 139 Å². The number of ether oxygens (including phenoxy) is 1. The number of hydrogen-bond donors (Lipinski definition) is 0. The van der Waals surface area contributed by atoms with Gasteiger partial charge in [0.05, 0.1) is 18.7 Å². The molecule has 24 heavy (non-hydrogen) atoms. The maximum absolute atomic E-state index is 12.5. The molecule has 0 aromatic carbocycles. The first kappa shape index (κ1) is 17.0. The molecule has 132 valence electrons. The van der Waals surface area contributed by atoms with Gasteiger partial charge in [-0.05, 0) is 24.8 Å². The van der Waals surface area contributed by atoms with Crippen molar-refractivity contribution in [1.82, 2.24) is 9.88 Å². The number of halogens is 3. The largest absolute Gasteiger partial charge is 0.471 e. The summed E-state index contributed by atoms with van der Waals surface area (Å²) in [5.41, 5.74) is -0.798. The van der Waals surface area contributed by atoms with Crippen molar-refractivity contribution in [3.05, 3.63) is 23.9 Å². The minimum atomic E-state index is -4.40. The van der Waals surface area contributed by atoms with Crippen molar-refractivity contribution >= 4 is 5.91 Å². The average molecular weight is 342 g/mol. The topological polar surface area (TPSA) is 42.4 Å². The summed E-state index contributed by atoms with van der Waals surface area (Å²) in [6.07, 6.45) is 2.74. The van der Waals surface area contributed by atoms with Crippen LogP contribution in [0.5, 0.6) is 5.88 Å². The summed E-state index contributed by atoms with van der Waals surface area (Å²) in [6.45, 7) is 0.961. The zero-order chi connectivity index (χ0) is 17.2. The van der Waals surface area contributed by atoms with Gasteiger partial charge in [-0.15, -0.1) is 0 Å². The lowest BCUT2D eigenvalue weighted by atomic mass is 9.86. The number of alkyl halides is 3. The summed E-state index contributed by atoms with van der Waals surface area (Å²) in [7, 11) is 0. The van der Waals surface area contributed by atoms with Crippen LogP contribution in [0.4, 0.5) is 13.2 Å². The average Bonchev–Trinajstić information content (AvgIpc) is 2.51. The monoisotopic (exact) mass is 342 g/mol. The van der Waals surface area contributed by atoms with Crippen LogP contribution in [0.2, 0.25) is 0 Å². The zero-order valence-electron chi connectivity index (χ0n) is 13.4. The number of nitrogens with zero attached hydrogens (tertiary/aromatic N) is 2. The molecule has 0 radical (unpaired) electrons. The van der Waals surface area contributed by atoms with Crippen LogP contribution in [0.1, 0.15) is 44.1 Å². The molecule has 7 heteroatoms. The van der Waals surface area contributed by atoms with Crippen molar-refractivity contribution in [2.75, 3.05) is 13.1 Å². The van der Waals surface area contributed by atoms with E-state index in [2.05, 4.69) is 4.98 Å². The molecule has 0 atom stereocenters. The van der Waals surface area contributed by atoms with Crippen LogP contribution in [0.25, 0.3) is 0 Å². The first-order chi connectivity index (χ1) is 11.4. The Bertz CT molecular complexity index is 562. The molecule has 1 amide bonds. The Morgan fingerprint density at radius 2 is 1.92 bits per heavy atom. The Balaban J connectivity index is 1.42. The summed E-state index contributed by atoms with van der Waals surface area (Å²) >= 11 is 0. The number of hydrogen-bond acceptors (Lipinski definition) is 3. The molecule has 1 saturated heterocycles. The van der Waals surface area contributed by atoms with Crippen molar-refractivity contribution in [3.63, 3.8) is 0 Å². The van der Waals surface area contributed by atoms with Crippen LogP contribution in [-0.4, -0.2) is 35.0 Å². The van der Waals surface area contributed by atoms with Crippen LogP contribution < -0.4 is 4.74 Å². The van der Waals surface area contributed by atoms with Gasteiger partial charge in [-0.3, -0.25) is 4.79 Å². The highest BCUT2D eigenvalue weighted by molar-refractivity contribution is 5.77. The second kappa shape index (κ2) is 6.99. The van der Waals surface area contributed by atoms with Gasteiger partial charge in [-0.25, -0.2) is 4.98 Å². The van der Waals surface area contributed by atoms with E-state index >= 15 is 0 Å². The van der Waals surface area contributed by atoms with E-state index in [4.69, 9.17) is 4.74 Å². The summed E-state index contributed by atoms with van der Waals surface area (Å²) in [4.78, 5) is 17.6. The smallest absolute Gasteiger partial charge is 0.417 e. The van der Waals surface area contributed by atoms with E-state index in [1.165, 1.54) is 25.3 Å². The van der Waals surface area contributed by atoms with E-state index < -0.39 is 11.7 Å². The van der Waals surface area contributed by atoms with E-state index in [1.807, 2.05) is 0 Å². The molecule has 1 saturated carbocycles. The van der Waals surface area contributed by atoms with Gasteiger partial charge < -0.3 is 9.64 Å². The van der Waals surface area contributed by atoms with Crippen LogP contribution in [0.3, 0.4) is 0 Å². The van der Waals surface area contributed by atoms with E-state index in [9.17, 15) is 18.0 Å². The Kier molecular flexibility index (Phi) is 4.96. The molecule has 0 unspecified atom stereocenters. The lowest BCUT2D eigenvalue weighted by molar-refractivity contribution is -0.141. The minimum Gasteiger partial charge on any atom is -0.471 e. The third kappa shape index (κ3) is 4.19. The van der Waals surface area contributed by atoms with Crippen molar-refractivity contribution in [2.45, 2.75) is 50.8 Å². The maximum atomic E-state index is 12.5. The summed E-state index contributed by atoms with van der Waals surface area (Å²) in [6, 6.07) is 2.17. The highest BCUT2D eigenvalue weighted by atomic mass is 19.4. The third-order valence-corrected chi connectivity index (χ3v) is 4.74. The molecule has 3 rings (SSSR count). The van der Waals surface area contributed by atoms with Crippen LogP contribution in [0.15, 0.2) is 18.3 Å². The number of carbonyl (C=O) groups is 1. The highest BCUT2D eigenvalue weighted by Gasteiger charge is 2.34. The Morgan fingerprint density at radius 3 is 2.50 bits per heavy atom. The molecule has 0 N–H and O–H groups in total. The fourth-order valence-corrected chi connectivity index (χ4v) is 3.27. The first-order valence-electron chi connectivity index (χ1n) is 8.39. The summed E-state index contributed by atoms with van der Waals surface area (Å²) in [5.74, 6) is 0.817. The second-order valence-corrected chi connectivity index (χ2v) is 6.63. The highest BCUT2D eigenvalue weighted by Crippen LogP contribution is 2.30. The number of pyridine rings is 1. The number of likely N-dealkylation sites (tertiary alicyclic amines) is 1. The standard InChI is InChI=1S/C17H21F3N2O2/c18-17(19,20)13-6-7-15(21-9-13)24-14-10-22(11-14)16(23)8-12-4-2-1-3-5-12/h6-7,9,12,14H,1-5,8,10-11H2. The number of amides is 1. The number of rotatable bonds is 4. The fraction of sp³-hybridized carbons (Fsp3) is 0.647. The van der Waals surface area contributed by atoms with Crippen LogP contribution >= 0.6 is 0 Å². The van der Waals surface area contributed by atoms with Crippen molar-refractivity contribution < 1.29 is 22.7 Å². The molecule has 4 nitrogen and oxygen atoms in total. The fourth-order valence-electron chi connectivity index (χ4n) is 3.27. The molecule has 2 fully saturated rings. The van der Waals surface area contributed by atoms with Gasteiger partial charge in [0.1, 0.15) is 6.10 Å². The molecule has 1 aliphatic heterocycles. The molecular formula is C17H21F3N2O2. The SMILES string of the molecule is O=C(CC1CCCCC1)N1CC(Oc2ccc(C(F)(F)F)cn2)C1. The molecule has 0 bridgehead atoms. The van der Waals surface area contributed by atoms with Crippen molar-refractivity contribution in [1.29, 1.82) is 0 Å². The Hall–Kier alpha value is -1.79. The Morgan fingerprint density at radius 1 is 1.21 bits per heavy atom. The lowest BCUT2D eigenvalue weighted by Gasteiger charge is -2.39. The van der Waals surface area contributed by atoms with Gasteiger partial charge in [-0.1, -0.05) is 19.3 Å². The molecule has 2 aliphatic rings. The van der Waals surface area contributed by atoms with E-state index in [0.717, 1.165) is 25.1 Å². The first-order valence-corrected chi connectivity index (χ1v) is 8.39. The number of aromatic nitrogens is 1. The van der Waals surface area contributed by atoms with E-state index in [-0.39, 0.29) is 17.9 Å². The molecule has 1 aliphatic carbocycles. The lowest BCUT2D eigenvalue weighted by Crippen LogP contribution is -2.56. The van der Waals surface area contributed by atoms with Crippen molar-refractivity contribution in [2.24, 2.45) is 5.92 Å². The third-order valence-electron chi connectivity index (χ3n) is 4.74. The number of carbonyl (C=O) groups excluding carboxylic acids is 1. The van der Waals surface area contributed by atoms with Crippen molar-refractivity contribution in [3.8, 4) is 5.88 Å². The van der Waals surface area contributed by atoms with Gasteiger partial charge in [0.25, 0.3) is 0 Å². The minimum absolute atomic E-state index is 0.155. The van der Waals surface area contributed by atoms with E-state index in [1.54, 1.807) is 4.90 Å². The van der Waals surface area contributed by atoms with Gasteiger partial charge >= 0.3 is 6.18 Å². The van der Waals surface area contributed by atoms with Gasteiger partial charge in [0.15, 0.2) is 0 Å². The quantitative estimate of drug-likeness (QED) is 0.839. The molecular weight excluding hydrogens is 321 g/mol. The van der Waals surface area contributed by atoms with Crippen LogP contribution in [0, 0.1) is 5.92 Å². The maximum Gasteiger partial charge on any atom is 0.417 e. The molecule has 1 aromatic heterocycles. The summed E-state index contributed by atoms with van der Waals surface area (Å²) < 4.78 is 42.9. The normalized spacial score (nSPS) is 19.9.